The molecule has 3 aromatic heterocycles. The number of hydrogen-bond donors (Lipinski definition) is 2. The number of H-pyrrole nitrogens is 1. The van der Waals surface area contributed by atoms with E-state index in [4.69, 9.17) is 16.3 Å². The third-order valence-corrected chi connectivity index (χ3v) is 12.7. The number of nitrogens with zero attached hydrogens (tertiary/aromatic N) is 7. The zero-order valence-electron chi connectivity index (χ0n) is 32.7. The molecule has 300 valence electrons. The molecule has 0 bridgehead atoms. The second kappa shape index (κ2) is 15.2. The van der Waals surface area contributed by atoms with E-state index in [1.54, 1.807) is 28.9 Å². The summed E-state index contributed by atoms with van der Waals surface area (Å²) in [6.07, 6.45) is 8.68. The number of anilines is 1. The van der Waals surface area contributed by atoms with Crippen LogP contribution in [0.2, 0.25) is 5.02 Å². The van der Waals surface area contributed by atoms with E-state index in [1.165, 1.54) is 6.20 Å². The number of hydrogen-bond acceptors (Lipinski definition) is 9. The van der Waals surface area contributed by atoms with Crippen LogP contribution < -0.4 is 15.0 Å². The molecule has 0 radical (unpaired) electrons. The molecule has 4 amide bonds. The predicted octanol–water partition coefficient (Wildman–Crippen LogP) is 6.00. The fourth-order valence-electron chi connectivity index (χ4n) is 9.34. The summed E-state index contributed by atoms with van der Waals surface area (Å²) >= 11 is 6.54. The van der Waals surface area contributed by atoms with Crippen LogP contribution in [0, 0.1) is 18.3 Å². The van der Waals surface area contributed by atoms with Crippen molar-refractivity contribution in [2.75, 3.05) is 44.2 Å². The zero-order chi connectivity index (χ0) is 40.1. The molecule has 4 fully saturated rings. The summed E-state index contributed by atoms with van der Waals surface area (Å²) in [6, 6.07) is 15.2. The number of halogens is 1. The summed E-state index contributed by atoms with van der Waals surface area (Å²) in [5.74, 6) is 0.839. The van der Waals surface area contributed by atoms with Crippen molar-refractivity contribution < 1.29 is 23.9 Å². The Morgan fingerprint density at radius 2 is 1.71 bits per heavy atom. The molecule has 9 rings (SSSR count). The number of fused-ring (bicyclic) bond motifs is 1. The molecule has 0 aliphatic carbocycles. The van der Waals surface area contributed by atoms with E-state index in [2.05, 4.69) is 47.3 Å². The van der Waals surface area contributed by atoms with Crippen molar-refractivity contribution in [2.24, 2.45) is 18.4 Å². The minimum atomic E-state index is -0.293. The summed E-state index contributed by atoms with van der Waals surface area (Å²) in [6.45, 7) is 6.31. The molecule has 1 spiro atoms. The lowest BCUT2D eigenvalue weighted by Gasteiger charge is -2.42. The van der Waals surface area contributed by atoms with E-state index in [1.807, 2.05) is 37.2 Å². The molecule has 2 atom stereocenters. The topological polar surface area (TPSA) is 159 Å². The number of pyridine rings is 1. The molecule has 2 aromatic carbocycles. The van der Waals surface area contributed by atoms with Crippen molar-refractivity contribution in [3.63, 3.8) is 0 Å². The second-order valence-electron chi connectivity index (χ2n) is 16.3. The lowest BCUT2D eigenvalue weighted by atomic mass is 9.78. The van der Waals surface area contributed by atoms with Crippen LogP contribution >= 0.6 is 11.6 Å². The summed E-state index contributed by atoms with van der Waals surface area (Å²) in [4.78, 5) is 70.1. The maximum Gasteiger partial charge on any atom is 0.253 e. The molecule has 1 unspecified atom stereocenters. The number of aromatic nitrogens is 5. The summed E-state index contributed by atoms with van der Waals surface area (Å²) < 4.78 is 7.95. The smallest absolute Gasteiger partial charge is 0.253 e. The van der Waals surface area contributed by atoms with Gasteiger partial charge in [-0.2, -0.15) is 5.10 Å². The standard InChI is InChI=1S/C43H46ClN9O5/c1-26-33(23-50(2)49-26)38-47-36-37(34(44)22-45-39(36)48-38)58-31-10-6-28(7-11-31)41(56)51-19-14-29(15-20-51)42(57)53-18-3-16-43(25-53)17-21-52(24-43)30-8-4-27(5-9-30)32-12-13-35(54)46-40(32)55/h4-11,22-23,29,32H,3,12-21,24-25H2,1-2H3,(H,45,47,48)(H,46,54,55)/t32-,43?/m0/s1. The number of likely N-dealkylation sites (tertiary alicyclic amines) is 2. The van der Waals surface area contributed by atoms with Crippen molar-refractivity contribution in [1.29, 1.82) is 0 Å². The number of benzene rings is 2. The van der Waals surface area contributed by atoms with Gasteiger partial charge in [0.15, 0.2) is 11.4 Å². The Kier molecular flexibility index (Phi) is 9.91. The van der Waals surface area contributed by atoms with Crippen molar-refractivity contribution >= 4 is 52.1 Å². The Hall–Kier alpha value is -5.76. The number of carbonyl (C=O) groups is 4. The van der Waals surface area contributed by atoms with Gasteiger partial charge in [-0.3, -0.25) is 29.2 Å². The van der Waals surface area contributed by atoms with Crippen molar-refractivity contribution in [1.82, 2.24) is 39.8 Å². The highest BCUT2D eigenvalue weighted by molar-refractivity contribution is 6.32. The van der Waals surface area contributed by atoms with E-state index in [9.17, 15) is 19.2 Å². The van der Waals surface area contributed by atoms with Crippen molar-refractivity contribution in [3.05, 3.63) is 82.8 Å². The van der Waals surface area contributed by atoms with E-state index in [-0.39, 0.29) is 40.9 Å². The first-order valence-electron chi connectivity index (χ1n) is 20.1. The third-order valence-electron chi connectivity index (χ3n) is 12.5. The van der Waals surface area contributed by atoms with Gasteiger partial charge in [-0.25, -0.2) is 9.97 Å². The summed E-state index contributed by atoms with van der Waals surface area (Å²) in [5.41, 5.74) is 5.36. The van der Waals surface area contributed by atoms with Crippen molar-refractivity contribution in [3.8, 4) is 22.9 Å². The number of ether oxygens (including phenoxy) is 1. The molecule has 15 heteroatoms. The molecule has 7 heterocycles. The predicted molar refractivity (Wildman–Crippen MR) is 218 cm³/mol. The molecule has 14 nitrogen and oxygen atoms in total. The zero-order valence-corrected chi connectivity index (χ0v) is 33.4. The number of rotatable bonds is 7. The first kappa shape index (κ1) is 37.8. The van der Waals surface area contributed by atoms with Gasteiger partial charge >= 0.3 is 0 Å². The monoisotopic (exact) mass is 803 g/mol. The summed E-state index contributed by atoms with van der Waals surface area (Å²) in [5, 5.41) is 7.18. The average Bonchev–Trinajstić information content (AvgIpc) is 3.95. The molecule has 5 aromatic rings. The number of imide groups is 1. The highest BCUT2D eigenvalue weighted by Gasteiger charge is 2.44. The quantitative estimate of drug-likeness (QED) is 0.188. The van der Waals surface area contributed by atoms with Crippen LogP contribution in [0.4, 0.5) is 5.69 Å². The molecular formula is C43H46ClN9O5. The van der Waals surface area contributed by atoms with Crippen LogP contribution in [0.1, 0.15) is 72.5 Å². The van der Waals surface area contributed by atoms with E-state index >= 15 is 0 Å². The maximum atomic E-state index is 13.9. The van der Waals surface area contributed by atoms with Crippen LogP contribution in [-0.4, -0.2) is 97.4 Å². The number of imidazole rings is 1. The van der Waals surface area contributed by atoms with Gasteiger partial charge in [-0.15, -0.1) is 0 Å². The van der Waals surface area contributed by atoms with Gasteiger partial charge in [-0.05, 0) is 87.4 Å². The number of piperidine rings is 3. The molecular weight excluding hydrogens is 758 g/mol. The van der Waals surface area contributed by atoms with Crippen LogP contribution in [0.5, 0.6) is 11.5 Å². The van der Waals surface area contributed by atoms with Gasteiger partial charge < -0.3 is 24.4 Å². The van der Waals surface area contributed by atoms with Gasteiger partial charge in [0.05, 0.1) is 23.4 Å². The van der Waals surface area contributed by atoms with Crippen molar-refractivity contribution in [2.45, 2.75) is 57.8 Å². The number of nitrogens with one attached hydrogen (secondary N) is 2. The largest absolute Gasteiger partial charge is 0.453 e. The number of aryl methyl sites for hydroxylation is 2. The van der Waals surface area contributed by atoms with Gasteiger partial charge in [-0.1, -0.05) is 23.7 Å². The number of carbonyl (C=O) groups excluding carboxylic acids is 4. The first-order chi connectivity index (χ1) is 28.0. The van der Waals surface area contributed by atoms with Crippen LogP contribution in [-0.2, 0) is 21.4 Å². The lowest BCUT2D eigenvalue weighted by Crippen LogP contribution is -2.51. The third kappa shape index (κ3) is 7.29. The number of aromatic amines is 1. The van der Waals surface area contributed by atoms with Gasteiger partial charge in [0.1, 0.15) is 22.1 Å². The van der Waals surface area contributed by atoms with Gasteiger partial charge in [0.25, 0.3) is 5.91 Å². The average molecular weight is 804 g/mol. The minimum Gasteiger partial charge on any atom is -0.453 e. The van der Waals surface area contributed by atoms with E-state index < -0.39 is 0 Å². The van der Waals surface area contributed by atoms with Gasteiger partial charge in [0.2, 0.25) is 17.7 Å². The molecule has 4 aliphatic heterocycles. The maximum absolute atomic E-state index is 13.9. The highest BCUT2D eigenvalue weighted by atomic mass is 35.5. The molecule has 4 saturated heterocycles. The Balaban J connectivity index is 0.783. The Labute approximate surface area is 340 Å². The normalized spacial score (nSPS) is 21.6. The molecule has 4 aliphatic rings. The van der Waals surface area contributed by atoms with Crippen LogP contribution in [0.3, 0.4) is 0 Å². The lowest BCUT2D eigenvalue weighted by molar-refractivity contribution is -0.140. The Morgan fingerprint density at radius 3 is 2.43 bits per heavy atom. The van der Waals surface area contributed by atoms with Crippen LogP contribution in [0.15, 0.2) is 60.9 Å². The molecule has 2 N–H and O–H groups in total. The number of amides is 4. The van der Waals surface area contributed by atoms with E-state index in [0.29, 0.717) is 77.8 Å². The second-order valence-corrected chi connectivity index (χ2v) is 16.8. The SMILES string of the molecule is Cc1nn(C)cc1-c1nc2ncc(Cl)c(Oc3ccc(C(=O)N4CCC(C(=O)N5CCCC6(CCN(c7ccc([C@@H]8CCC(=O)NC8=O)cc7)C6)C5)CC4)cc3)c2[nH]1. The Bertz CT molecular complexity index is 2400. The van der Waals surface area contributed by atoms with E-state index in [0.717, 1.165) is 67.9 Å². The fraction of sp³-hybridized carbons (Fsp3) is 0.419. The fourth-order valence-corrected chi connectivity index (χ4v) is 9.52. The summed E-state index contributed by atoms with van der Waals surface area (Å²) in [7, 11) is 1.85. The molecule has 58 heavy (non-hydrogen) atoms. The minimum absolute atomic E-state index is 0.0533. The van der Waals surface area contributed by atoms with Gasteiger partial charge in [0, 0.05) is 81.5 Å². The first-order valence-corrected chi connectivity index (χ1v) is 20.5. The Morgan fingerprint density at radius 1 is 0.931 bits per heavy atom. The highest BCUT2D eigenvalue weighted by Crippen LogP contribution is 2.42. The molecule has 0 saturated carbocycles. The van der Waals surface area contributed by atoms with Crippen LogP contribution in [0.25, 0.3) is 22.6 Å².